The molecule has 0 heterocycles. The lowest BCUT2D eigenvalue weighted by Gasteiger charge is -2.30. The van der Waals surface area contributed by atoms with Gasteiger partial charge in [0.15, 0.2) is 0 Å². The van der Waals surface area contributed by atoms with Crippen LogP contribution in [-0.4, -0.2) is 0 Å². The Labute approximate surface area is 191 Å². The largest absolute Gasteiger partial charge is 0.207 e. The fraction of sp³-hybridized carbons (Fsp3) is 0.552. The maximum Gasteiger partial charge on any atom is 0.129 e. The molecule has 3 heteroatoms. The fourth-order valence-electron chi connectivity index (χ4n) is 5.94. The minimum Gasteiger partial charge on any atom is -0.207 e. The predicted molar refractivity (Wildman–Crippen MR) is 126 cm³/mol. The minimum absolute atomic E-state index is 0.136. The van der Waals surface area contributed by atoms with E-state index in [-0.39, 0.29) is 29.0 Å². The molecule has 2 aliphatic carbocycles. The van der Waals surface area contributed by atoms with E-state index >= 15 is 8.78 Å². The van der Waals surface area contributed by atoms with Crippen molar-refractivity contribution in [2.45, 2.75) is 95.8 Å². The zero-order valence-corrected chi connectivity index (χ0v) is 19.3. The Morgan fingerprint density at radius 1 is 0.875 bits per heavy atom. The van der Waals surface area contributed by atoms with Gasteiger partial charge in [-0.15, -0.1) is 0 Å². The van der Waals surface area contributed by atoms with Gasteiger partial charge in [0.25, 0.3) is 0 Å². The summed E-state index contributed by atoms with van der Waals surface area (Å²) in [5, 5.41) is 9.10. The van der Waals surface area contributed by atoms with Gasteiger partial charge in [0.2, 0.25) is 0 Å². The van der Waals surface area contributed by atoms with Crippen LogP contribution in [0.4, 0.5) is 8.78 Å². The summed E-state index contributed by atoms with van der Waals surface area (Å²) < 4.78 is 30.4. The van der Waals surface area contributed by atoms with Gasteiger partial charge in [-0.1, -0.05) is 45.1 Å². The molecule has 2 aromatic carbocycles. The van der Waals surface area contributed by atoms with Crippen molar-refractivity contribution in [3.63, 3.8) is 0 Å². The van der Waals surface area contributed by atoms with Crippen molar-refractivity contribution < 1.29 is 8.78 Å². The van der Waals surface area contributed by atoms with Gasteiger partial charge in [-0.25, -0.2) is 8.78 Å². The minimum atomic E-state index is -0.371. The molecule has 170 valence electrons. The number of halogens is 2. The van der Waals surface area contributed by atoms with E-state index in [9.17, 15) is 0 Å². The van der Waals surface area contributed by atoms with E-state index in [0.717, 1.165) is 48.3 Å². The maximum absolute atomic E-state index is 15.2. The quantitative estimate of drug-likeness (QED) is 0.401. The van der Waals surface area contributed by atoms with Crippen molar-refractivity contribution in [2.75, 3.05) is 0 Å². The summed E-state index contributed by atoms with van der Waals surface area (Å²) in [5.41, 5.74) is 4.01. The highest BCUT2D eigenvalue weighted by Crippen LogP contribution is 2.41. The van der Waals surface area contributed by atoms with Crippen molar-refractivity contribution in [3.8, 4) is 6.07 Å². The normalized spacial score (nSPS) is 22.9. The van der Waals surface area contributed by atoms with Crippen LogP contribution in [0.25, 0.3) is 0 Å². The van der Waals surface area contributed by atoms with Crippen molar-refractivity contribution >= 4 is 0 Å². The fourth-order valence-corrected chi connectivity index (χ4v) is 5.94. The Kier molecular flexibility index (Phi) is 7.61. The topological polar surface area (TPSA) is 23.8 Å². The summed E-state index contributed by atoms with van der Waals surface area (Å²) in [4.78, 5) is 0. The third-order valence-corrected chi connectivity index (χ3v) is 7.86. The van der Waals surface area contributed by atoms with Gasteiger partial charge in [0.05, 0.1) is 11.6 Å². The van der Waals surface area contributed by atoms with Gasteiger partial charge in [-0.3, -0.25) is 0 Å². The molecule has 2 aromatic rings. The van der Waals surface area contributed by atoms with Crippen LogP contribution in [0.3, 0.4) is 0 Å². The first-order valence-corrected chi connectivity index (χ1v) is 12.6. The Hall–Kier alpha value is -2.21. The molecule has 0 aliphatic heterocycles. The molecule has 1 fully saturated rings. The van der Waals surface area contributed by atoms with Crippen LogP contribution < -0.4 is 0 Å². The highest BCUT2D eigenvalue weighted by Gasteiger charge is 2.28. The number of aryl methyl sites for hydroxylation is 1. The Morgan fingerprint density at radius 3 is 2.31 bits per heavy atom. The van der Waals surface area contributed by atoms with Crippen molar-refractivity contribution in [2.24, 2.45) is 5.92 Å². The molecule has 0 spiro atoms. The first-order valence-electron chi connectivity index (χ1n) is 12.6. The van der Waals surface area contributed by atoms with Gasteiger partial charge < -0.3 is 0 Å². The zero-order valence-electron chi connectivity index (χ0n) is 19.3. The lowest BCUT2D eigenvalue weighted by atomic mass is 9.75. The number of unbranched alkanes of at least 4 members (excludes halogenated alkanes) is 3. The number of hydrogen-bond acceptors (Lipinski definition) is 1. The molecule has 1 atom stereocenters. The second kappa shape index (κ2) is 10.6. The molecule has 32 heavy (non-hydrogen) atoms. The first-order chi connectivity index (χ1) is 15.6. The third-order valence-electron chi connectivity index (χ3n) is 7.86. The van der Waals surface area contributed by atoms with Crippen molar-refractivity contribution in [1.29, 1.82) is 5.26 Å². The first kappa shape index (κ1) is 23.0. The van der Waals surface area contributed by atoms with E-state index in [2.05, 4.69) is 13.0 Å². The summed E-state index contributed by atoms with van der Waals surface area (Å²) in [6.45, 7) is 2.24. The summed E-state index contributed by atoms with van der Waals surface area (Å²) in [6.07, 6.45) is 13.2. The average Bonchev–Trinajstić information content (AvgIpc) is 2.81. The number of nitriles is 1. The molecule has 1 saturated carbocycles. The smallest absolute Gasteiger partial charge is 0.129 e. The molecule has 0 bridgehead atoms. The average molecular weight is 436 g/mol. The molecule has 2 aliphatic rings. The van der Waals surface area contributed by atoms with Crippen LogP contribution in [0.1, 0.15) is 111 Å². The van der Waals surface area contributed by atoms with Crippen molar-refractivity contribution in [1.82, 2.24) is 0 Å². The zero-order chi connectivity index (χ0) is 22.5. The van der Waals surface area contributed by atoms with Gasteiger partial charge in [-0.2, -0.15) is 5.26 Å². The third kappa shape index (κ3) is 5.22. The summed E-state index contributed by atoms with van der Waals surface area (Å²) in [6, 6.07) is 11.1. The SMILES string of the molecule is CCCCCCC1CCC(c2cc(F)c(C3CCc4cc(C#N)ccc4C3)c(F)c2)CC1. The second-order valence-corrected chi connectivity index (χ2v) is 10.0. The van der Waals surface area contributed by atoms with E-state index in [0.29, 0.717) is 12.0 Å². The molecule has 0 radical (unpaired) electrons. The Morgan fingerprint density at radius 2 is 1.62 bits per heavy atom. The van der Waals surface area contributed by atoms with E-state index in [1.165, 1.54) is 44.9 Å². The highest BCUT2D eigenvalue weighted by atomic mass is 19.1. The van der Waals surface area contributed by atoms with Crippen LogP contribution in [0.15, 0.2) is 30.3 Å². The lowest BCUT2D eigenvalue weighted by molar-refractivity contribution is 0.301. The number of fused-ring (bicyclic) bond motifs is 1. The van der Waals surface area contributed by atoms with Crippen LogP contribution in [0.2, 0.25) is 0 Å². The molecule has 0 aromatic heterocycles. The second-order valence-electron chi connectivity index (χ2n) is 10.0. The summed E-state index contributed by atoms with van der Waals surface area (Å²) in [5.74, 6) is 0.202. The molecule has 1 nitrogen and oxygen atoms in total. The number of nitrogens with zero attached hydrogens (tertiary/aromatic N) is 1. The highest BCUT2D eigenvalue weighted by molar-refractivity contribution is 5.42. The molecule has 1 unspecified atom stereocenters. The van der Waals surface area contributed by atoms with Crippen LogP contribution in [0, 0.1) is 28.9 Å². The predicted octanol–water partition coefficient (Wildman–Crippen LogP) is 8.35. The van der Waals surface area contributed by atoms with Gasteiger partial charge >= 0.3 is 0 Å². The lowest BCUT2D eigenvalue weighted by Crippen LogP contribution is -2.17. The van der Waals surface area contributed by atoms with Gasteiger partial charge in [0.1, 0.15) is 11.6 Å². The molecule has 0 amide bonds. The van der Waals surface area contributed by atoms with E-state index in [1.54, 1.807) is 18.2 Å². The standard InChI is InChI=1S/C29H35F2N/c1-2-3-4-5-6-20-7-10-22(11-8-20)26-17-27(30)29(28(31)18-26)25-14-13-23-15-21(19-32)9-12-24(23)16-25/h9,12,15,17-18,20,22,25H,2-8,10-11,13-14,16H2,1H3. The van der Waals surface area contributed by atoms with Crippen molar-refractivity contribution in [3.05, 3.63) is 69.8 Å². The molecule has 0 saturated heterocycles. The number of rotatable bonds is 7. The summed E-state index contributed by atoms with van der Waals surface area (Å²) >= 11 is 0. The van der Waals surface area contributed by atoms with Gasteiger partial charge in [0, 0.05) is 5.56 Å². The van der Waals surface area contributed by atoms with E-state index < -0.39 is 0 Å². The Bertz CT molecular complexity index is 943. The van der Waals surface area contributed by atoms with E-state index in [1.807, 2.05) is 12.1 Å². The monoisotopic (exact) mass is 435 g/mol. The van der Waals surface area contributed by atoms with Crippen LogP contribution >= 0.6 is 0 Å². The molecule has 4 rings (SSSR count). The number of hydrogen-bond donors (Lipinski definition) is 0. The van der Waals surface area contributed by atoms with Crippen LogP contribution in [-0.2, 0) is 12.8 Å². The maximum atomic E-state index is 15.2. The van der Waals surface area contributed by atoms with Gasteiger partial charge in [-0.05, 0) is 104 Å². The Balaban J connectivity index is 1.40. The van der Waals surface area contributed by atoms with Crippen LogP contribution in [0.5, 0.6) is 0 Å². The molecular formula is C29H35F2N. The number of benzene rings is 2. The molecule has 0 N–H and O–H groups in total. The van der Waals surface area contributed by atoms with E-state index in [4.69, 9.17) is 5.26 Å². The summed E-state index contributed by atoms with van der Waals surface area (Å²) in [7, 11) is 0. The molecular weight excluding hydrogens is 400 g/mol.